The van der Waals surface area contributed by atoms with Crippen LogP contribution in [-0.4, -0.2) is 30.2 Å². The highest BCUT2D eigenvalue weighted by Gasteiger charge is 2.48. The van der Waals surface area contributed by atoms with Crippen molar-refractivity contribution in [3.05, 3.63) is 54.1 Å². The molecule has 1 aliphatic carbocycles. The highest BCUT2D eigenvalue weighted by atomic mass is 16.5. The van der Waals surface area contributed by atoms with Crippen LogP contribution in [0.25, 0.3) is 0 Å². The van der Waals surface area contributed by atoms with Gasteiger partial charge in [0.05, 0.1) is 23.4 Å². The van der Waals surface area contributed by atoms with Crippen LogP contribution in [0.1, 0.15) is 44.6 Å². The largest absolute Gasteiger partial charge is 0.426 e. The number of hydrogen-bond acceptors (Lipinski definition) is 5. The number of aryl methyl sites for hydroxylation is 1. The molecule has 7 nitrogen and oxygen atoms in total. The maximum atomic E-state index is 12.8. The Morgan fingerprint density at radius 3 is 2.06 bits per heavy atom. The smallest absolute Gasteiger partial charge is 0.316 e. The maximum absolute atomic E-state index is 12.8. The lowest BCUT2D eigenvalue weighted by Gasteiger charge is -2.19. The first kappa shape index (κ1) is 22.3. The summed E-state index contributed by atoms with van der Waals surface area (Å²) in [5.41, 5.74) is 2.47. The number of imide groups is 1. The topological polar surface area (TPSA) is 84.0 Å². The second-order valence-corrected chi connectivity index (χ2v) is 9.35. The molecule has 3 fully saturated rings. The summed E-state index contributed by atoms with van der Waals surface area (Å²) in [7, 11) is 0. The number of benzene rings is 2. The summed E-state index contributed by atoms with van der Waals surface area (Å²) < 4.78 is 5.53. The molecular weight excluding hydrogens is 432 g/mol. The molecule has 0 aromatic heterocycles. The molecular formula is C27H28N2O5. The van der Waals surface area contributed by atoms with E-state index in [0.29, 0.717) is 11.4 Å². The lowest BCUT2D eigenvalue weighted by atomic mass is 9.81. The zero-order valence-electron chi connectivity index (χ0n) is 19.2. The molecule has 2 aliphatic heterocycles. The Labute approximate surface area is 198 Å². The van der Waals surface area contributed by atoms with Crippen molar-refractivity contribution < 1.29 is 23.9 Å². The molecule has 1 saturated carbocycles. The fraction of sp³-hybridized carbons (Fsp3) is 0.407. The van der Waals surface area contributed by atoms with E-state index in [2.05, 4.69) is 6.92 Å². The SMILES string of the molecule is CCc1ccc(N2C[C@H](C(=O)Oc3ccc(N4C(=O)[C@H]5CCCC[C@@H]5C4=O)cc3)CC2=O)cc1. The number of carbonyl (C=O) groups excluding carboxylic acids is 4. The summed E-state index contributed by atoms with van der Waals surface area (Å²) in [5, 5.41) is 0. The van der Waals surface area contributed by atoms with Gasteiger partial charge >= 0.3 is 5.97 Å². The monoisotopic (exact) mass is 460 g/mol. The van der Waals surface area contributed by atoms with Crippen molar-refractivity contribution in [1.82, 2.24) is 0 Å². The van der Waals surface area contributed by atoms with E-state index in [4.69, 9.17) is 4.74 Å². The second-order valence-electron chi connectivity index (χ2n) is 9.35. The van der Waals surface area contributed by atoms with E-state index in [-0.39, 0.29) is 42.5 Å². The number of anilines is 2. The zero-order valence-corrected chi connectivity index (χ0v) is 19.2. The molecule has 2 heterocycles. The van der Waals surface area contributed by atoms with Crippen LogP contribution < -0.4 is 14.5 Å². The molecule has 3 atom stereocenters. The number of carbonyl (C=O) groups is 4. The first-order valence-corrected chi connectivity index (χ1v) is 12.0. The molecule has 0 unspecified atom stereocenters. The number of ether oxygens (including phenoxy) is 1. The van der Waals surface area contributed by atoms with Crippen LogP contribution in [0.5, 0.6) is 5.75 Å². The summed E-state index contributed by atoms with van der Waals surface area (Å²) in [6.45, 7) is 2.35. The molecule has 3 amide bonds. The Morgan fingerprint density at radius 1 is 0.882 bits per heavy atom. The van der Waals surface area contributed by atoms with E-state index in [1.165, 1.54) is 10.5 Å². The average Bonchev–Trinajstić information content (AvgIpc) is 3.37. The fourth-order valence-electron chi connectivity index (χ4n) is 5.31. The number of esters is 1. The van der Waals surface area contributed by atoms with Crippen LogP contribution in [-0.2, 0) is 25.6 Å². The normalized spacial score (nSPS) is 24.5. The van der Waals surface area contributed by atoms with Gasteiger partial charge in [0.1, 0.15) is 5.75 Å². The highest BCUT2D eigenvalue weighted by molar-refractivity contribution is 6.22. The van der Waals surface area contributed by atoms with Gasteiger partial charge in [0.15, 0.2) is 0 Å². The molecule has 2 aromatic carbocycles. The van der Waals surface area contributed by atoms with Gasteiger partial charge in [-0.15, -0.1) is 0 Å². The van der Waals surface area contributed by atoms with Gasteiger partial charge in [0, 0.05) is 18.7 Å². The lowest BCUT2D eigenvalue weighted by Crippen LogP contribution is -2.30. The molecule has 176 valence electrons. The number of fused-ring (bicyclic) bond motifs is 1. The zero-order chi connectivity index (χ0) is 23.8. The Morgan fingerprint density at radius 2 is 1.47 bits per heavy atom. The Kier molecular flexibility index (Phi) is 5.94. The summed E-state index contributed by atoms with van der Waals surface area (Å²) >= 11 is 0. The number of nitrogens with zero attached hydrogens (tertiary/aromatic N) is 2. The van der Waals surface area contributed by atoms with E-state index in [1.807, 2.05) is 24.3 Å². The standard InChI is InChI=1S/C27H28N2O5/c1-2-17-7-9-19(10-8-17)28-16-18(15-24(28)30)27(33)34-21-13-11-20(12-14-21)29-25(31)22-5-3-4-6-23(22)26(29)32/h7-14,18,22-23H,2-6,15-16H2,1H3/t18-,22+,23+/m1/s1. The molecule has 0 N–H and O–H groups in total. The third-order valence-electron chi connectivity index (χ3n) is 7.27. The lowest BCUT2D eigenvalue weighted by molar-refractivity contribution is -0.139. The predicted octanol–water partition coefficient (Wildman–Crippen LogP) is 3.89. The minimum absolute atomic E-state index is 0.103. The number of hydrogen-bond donors (Lipinski definition) is 0. The van der Waals surface area contributed by atoms with Crippen molar-refractivity contribution in [3.63, 3.8) is 0 Å². The Balaban J connectivity index is 1.23. The quantitative estimate of drug-likeness (QED) is 0.384. The third kappa shape index (κ3) is 4.00. The first-order valence-electron chi connectivity index (χ1n) is 12.0. The second kappa shape index (κ2) is 9.05. The van der Waals surface area contributed by atoms with Crippen molar-refractivity contribution >= 4 is 35.1 Å². The maximum Gasteiger partial charge on any atom is 0.316 e. The van der Waals surface area contributed by atoms with E-state index in [1.54, 1.807) is 29.2 Å². The summed E-state index contributed by atoms with van der Waals surface area (Å²) in [6, 6.07) is 14.2. The summed E-state index contributed by atoms with van der Waals surface area (Å²) in [5.74, 6) is -1.47. The van der Waals surface area contributed by atoms with Crippen LogP contribution in [0.15, 0.2) is 48.5 Å². The van der Waals surface area contributed by atoms with Gasteiger partial charge < -0.3 is 9.64 Å². The third-order valence-corrected chi connectivity index (χ3v) is 7.27. The summed E-state index contributed by atoms with van der Waals surface area (Å²) in [6.07, 6.45) is 4.51. The Hall–Kier alpha value is -3.48. The number of rotatable bonds is 5. The minimum atomic E-state index is -0.553. The molecule has 0 radical (unpaired) electrons. The Bertz CT molecular complexity index is 1100. The van der Waals surface area contributed by atoms with Crippen LogP contribution in [0, 0.1) is 17.8 Å². The van der Waals surface area contributed by atoms with Crippen molar-refractivity contribution in [2.24, 2.45) is 17.8 Å². The fourth-order valence-corrected chi connectivity index (χ4v) is 5.31. The number of amides is 3. The van der Waals surface area contributed by atoms with Crippen LogP contribution in [0.2, 0.25) is 0 Å². The van der Waals surface area contributed by atoms with Gasteiger partial charge in [0.25, 0.3) is 0 Å². The molecule has 34 heavy (non-hydrogen) atoms. The van der Waals surface area contributed by atoms with Gasteiger partial charge in [-0.3, -0.25) is 24.1 Å². The van der Waals surface area contributed by atoms with Gasteiger partial charge in [0.2, 0.25) is 17.7 Å². The van der Waals surface area contributed by atoms with Crippen LogP contribution >= 0.6 is 0 Å². The van der Waals surface area contributed by atoms with Crippen LogP contribution in [0.3, 0.4) is 0 Å². The van der Waals surface area contributed by atoms with E-state index >= 15 is 0 Å². The van der Waals surface area contributed by atoms with E-state index in [9.17, 15) is 19.2 Å². The van der Waals surface area contributed by atoms with Crippen molar-refractivity contribution in [2.75, 3.05) is 16.3 Å². The molecule has 0 spiro atoms. The molecule has 3 aliphatic rings. The van der Waals surface area contributed by atoms with Gasteiger partial charge in [-0.05, 0) is 61.2 Å². The average molecular weight is 461 g/mol. The predicted molar refractivity (Wildman–Crippen MR) is 126 cm³/mol. The van der Waals surface area contributed by atoms with E-state index < -0.39 is 11.9 Å². The molecule has 5 rings (SSSR count). The van der Waals surface area contributed by atoms with Gasteiger partial charge in [-0.2, -0.15) is 0 Å². The van der Waals surface area contributed by atoms with Crippen LogP contribution in [0.4, 0.5) is 11.4 Å². The van der Waals surface area contributed by atoms with Crippen molar-refractivity contribution in [1.29, 1.82) is 0 Å². The van der Waals surface area contributed by atoms with E-state index in [0.717, 1.165) is 37.8 Å². The molecule has 0 bridgehead atoms. The summed E-state index contributed by atoms with van der Waals surface area (Å²) in [4.78, 5) is 53.7. The first-order chi connectivity index (χ1) is 16.5. The van der Waals surface area contributed by atoms with Gasteiger partial charge in [-0.1, -0.05) is 31.9 Å². The molecule has 2 aromatic rings. The van der Waals surface area contributed by atoms with Crippen molar-refractivity contribution in [2.45, 2.75) is 45.4 Å². The van der Waals surface area contributed by atoms with Crippen molar-refractivity contribution in [3.8, 4) is 5.75 Å². The highest BCUT2D eigenvalue weighted by Crippen LogP contribution is 2.40. The minimum Gasteiger partial charge on any atom is -0.426 e. The molecule has 2 saturated heterocycles. The van der Waals surface area contributed by atoms with Gasteiger partial charge in [-0.25, -0.2) is 0 Å². The molecule has 7 heteroatoms.